The first kappa shape index (κ1) is 13.2. The number of aromatic nitrogens is 1. The highest BCUT2D eigenvalue weighted by Crippen LogP contribution is 2.31. The molecule has 4 nitrogen and oxygen atoms in total. The molecule has 1 atom stereocenters. The number of benzene rings is 1. The Hall–Kier alpha value is -1.81. The van der Waals surface area contributed by atoms with Crippen molar-refractivity contribution < 1.29 is 14.6 Å². The molecule has 0 spiro atoms. The lowest BCUT2D eigenvalue weighted by atomic mass is 10.1. The second-order valence-corrected chi connectivity index (χ2v) is 6.09. The second-order valence-electron chi connectivity index (χ2n) is 6.09. The number of hydrogen-bond donors (Lipinski definition) is 1. The van der Waals surface area contributed by atoms with Gasteiger partial charge in [-0.1, -0.05) is 0 Å². The molecule has 20 heavy (non-hydrogen) atoms. The average molecular weight is 273 g/mol. The van der Waals surface area contributed by atoms with Crippen LogP contribution < -0.4 is 0 Å². The van der Waals surface area contributed by atoms with Gasteiger partial charge >= 0.3 is 5.97 Å². The summed E-state index contributed by atoms with van der Waals surface area (Å²) in [5.74, 6) is -0.888. The van der Waals surface area contributed by atoms with Gasteiger partial charge in [0.2, 0.25) is 0 Å². The van der Waals surface area contributed by atoms with Crippen LogP contribution >= 0.6 is 0 Å². The molecule has 0 saturated carbocycles. The highest BCUT2D eigenvalue weighted by Gasteiger charge is 2.31. The van der Waals surface area contributed by atoms with E-state index < -0.39 is 5.97 Å². The van der Waals surface area contributed by atoms with E-state index in [4.69, 9.17) is 9.84 Å². The topological polar surface area (TPSA) is 51.5 Å². The Bertz CT molecular complexity index is 657. The fraction of sp³-hybridized carbons (Fsp3) is 0.438. The van der Waals surface area contributed by atoms with Crippen LogP contribution in [0.1, 0.15) is 37.0 Å². The molecule has 1 unspecified atom stereocenters. The zero-order chi connectivity index (χ0) is 14.3. The Labute approximate surface area is 118 Å². The molecule has 4 heteroatoms. The smallest absolute Gasteiger partial charge is 0.335 e. The van der Waals surface area contributed by atoms with E-state index in [0.717, 1.165) is 30.3 Å². The molecule has 0 bridgehead atoms. The summed E-state index contributed by atoms with van der Waals surface area (Å²) in [4.78, 5) is 11.0. The maximum Gasteiger partial charge on any atom is 0.335 e. The fourth-order valence-corrected chi connectivity index (χ4v) is 2.92. The Morgan fingerprint density at radius 1 is 1.45 bits per heavy atom. The van der Waals surface area contributed by atoms with Crippen molar-refractivity contribution >= 4 is 16.9 Å². The Morgan fingerprint density at radius 3 is 2.90 bits per heavy atom. The lowest BCUT2D eigenvalue weighted by Crippen LogP contribution is -2.22. The second kappa shape index (κ2) is 4.63. The van der Waals surface area contributed by atoms with E-state index in [2.05, 4.69) is 18.4 Å². The minimum atomic E-state index is -0.888. The van der Waals surface area contributed by atoms with Crippen LogP contribution in [0.15, 0.2) is 30.5 Å². The molecule has 1 saturated heterocycles. The first-order chi connectivity index (χ1) is 9.44. The van der Waals surface area contributed by atoms with Crippen LogP contribution in [0.3, 0.4) is 0 Å². The number of nitrogens with zero attached hydrogens (tertiary/aromatic N) is 1. The van der Waals surface area contributed by atoms with Gasteiger partial charge in [-0.15, -0.1) is 0 Å². The maximum atomic E-state index is 11.0. The average Bonchev–Trinajstić information content (AvgIpc) is 2.93. The Balaban J connectivity index is 1.84. The molecule has 1 fully saturated rings. The number of ether oxygens (including phenoxy) is 1. The van der Waals surface area contributed by atoms with E-state index in [9.17, 15) is 4.79 Å². The van der Waals surface area contributed by atoms with E-state index in [1.165, 1.54) is 0 Å². The van der Waals surface area contributed by atoms with Crippen molar-refractivity contribution in [2.24, 2.45) is 0 Å². The molecule has 3 rings (SSSR count). The lowest BCUT2D eigenvalue weighted by molar-refractivity contribution is -0.0212. The third kappa shape index (κ3) is 2.43. The summed E-state index contributed by atoms with van der Waals surface area (Å²) in [5, 5.41) is 9.97. The molecule has 0 radical (unpaired) electrons. The molecule has 2 heterocycles. The number of rotatable bonds is 3. The molecule has 106 valence electrons. The van der Waals surface area contributed by atoms with E-state index in [0.29, 0.717) is 5.56 Å². The van der Waals surface area contributed by atoms with Crippen LogP contribution in [0.4, 0.5) is 0 Å². The quantitative estimate of drug-likeness (QED) is 0.933. The van der Waals surface area contributed by atoms with Crippen molar-refractivity contribution in [1.82, 2.24) is 4.57 Å². The first-order valence-corrected chi connectivity index (χ1v) is 6.95. The molecule has 1 aromatic carbocycles. The molecule has 0 aliphatic carbocycles. The predicted molar refractivity (Wildman–Crippen MR) is 77.1 cm³/mol. The van der Waals surface area contributed by atoms with E-state index in [1.807, 2.05) is 18.3 Å². The number of fused-ring (bicyclic) bond motifs is 1. The van der Waals surface area contributed by atoms with Crippen LogP contribution in [0.25, 0.3) is 10.9 Å². The summed E-state index contributed by atoms with van der Waals surface area (Å²) in [6, 6.07) is 7.20. The van der Waals surface area contributed by atoms with Crippen molar-refractivity contribution in [3.05, 3.63) is 36.0 Å². The normalized spacial score (nSPS) is 21.4. The Morgan fingerprint density at radius 2 is 2.25 bits per heavy atom. The van der Waals surface area contributed by atoms with Gasteiger partial charge in [-0.2, -0.15) is 0 Å². The maximum absolute atomic E-state index is 11.0. The van der Waals surface area contributed by atoms with Crippen molar-refractivity contribution in [2.75, 3.05) is 0 Å². The summed E-state index contributed by atoms with van der Waals surface area (Å²) >= 11 is 0. The third-order valence-electron chi connectivity index (χ3n) is 3.97. The summed E-state index contributed by atoms with van der Waals surface area (Å²) < 4.78 is 8.16. The van der Waals surface area contributed by atoms with Gasteiger partial charge < -0.3 is 14.4 Å². The molecular formula is C16H19NO3. The molecule has 1 aromatic heterocycles. The first-order valence-electron chi connectivity index (χ1n) is 6.95. The van der Waals surface area contributed by atoms with Gasteiger partial charge in [0.1, 0.15) is 0 Å². The summed E-state index contributed by atoms with van der Waals surface area (Å²) in [5.41, 5.74) is 1.36. The molecule has 1 aliphatic heterocycles. The van der Waals surface area contributed by atoms with Crippen LogP contribution in [-0.4, -0.2) is 27.3 Å². The van der Waals surface area contributed by atoms with Crippen LogP contribution in [0.2, 0.25) is 0 Å². The largest absolute Gasteiger partial charge is 0.478 e. The van der Waals surface area contributed by atoms with Gasteiger partial charge in [-0.3, -0.25) is 0 Å². The number of carboxylic acid groups (broad SMARTS) is 1. The van der Waals surface area contributed by atoms with Gasteiger partial charge in [0.25, 0.3) is 0 Å². The van der Waals surface area contributed by atoms with E-state index in [-0.39, 0.29) is 11.7 Å². The highest BCUT2D eigenvalue weighted by molar-refractivity contribution is 5.93. The van der Waals surface area contributed by atoms with Gasteiger partial charge in [0.05, 0.1) is 17.3 Å². The van der Waals surface area contributed by atoms with Gasteiger partial charge in [0, 0.05) is 23.6 Å². The zero-order valence-corrected chi connectivity index (χ0v) is 11.8. The zero-order valence-electron chi connectivity index (χ0n) is 11.8. The molecule has 1 aliphatic rings. The summed E-state index contributed by atoms with van der Waals surface area (Å²) in [6.45, 7) is 5.07. The van der Waals surface area contributed by atoms with E-state index >= 15 is 0 Å². The minimum absolute atomic E-state index is 0.0237. The van der Waals surface area contributed by atoms with Crippen LogP contribution in [0, 0.1) is 0 Å². The standard InChI is InChI=1S/C16H19NO3/c1-16(2)7-5-13(20-16)10-17-8-6-11-9-12(15(18)19)3-4-14(11)17/h3-4,6,8-9,13H,5,7,10H2,1-2H3,(H,18,19). The predicted octanol–water partition coefficient (Wildman–Crippen LogP) is 3.30. The van der Waals surface area contributed by atoms with Crippen LogP contribution in [-0.2, 0) is 11.3 Å². The number of carbonyl (C=O) groups is 1. The van der Waals surface area contributed by atoms with Crippen molar-refractivity contribution in [1.29, 1.82) is 0 Å². The molecule has 0 amide bonds. The SMILES string of the molecule is CC1(C)CCC(Cn2ccc3cc(C(=O)O)ccc32)O1. The third-order valence-corrected chi connectivity index (χ3v) is 3.97. The Kier molecular flexibility index (Phi) is 3.05. The minimum Gasteiger partial charge on any atom is -0.478 e. The number of carboxylic acids is 1. The fourth-order valence-electron chi connectivity index (χ4n) is 2.92. The van der Waals surface area contributed by atoms with Gasteiger partial charge in [-0.25, -0.2) is 4.79 Å². The highest BCUT2D eigenvalue weighted by atomic mass is 16.5. The van der Waals surface area contributed by atoms with Gasteiger partial charge in [0.15, 0.2) is 0 Å². The van der Waals surface area contributed by atoms with Crippen molar-refractivity contribution in [3.8, 4) is 0 Å². The van der Waals surface area contributed by atoms with Crippen molar-refractivity contribution in [3.63, 3.8) is 0 Å². The van der Waals surface area contributed by atoms with Crippen molar-refractivity contribution in [2.45, 2.75) is 44.9 Å². The van der Waals surface area contributed by atoms with Gasteiger partial charge in [-0.05, 0) is 51.0 Å². The molecule has 1 N–H and O–H groups in total. The molecular weight excluding hydrogens is 254 g/mol. The molecule has 2 aromatic rings. The monoisotopic (exact) mass is 273 g/mol. The van der Waals surface area contributed by atoms with E-state index in [1.54, 1.807) is 12.1 Å². The summed E-state index contributed by atoms with van der Waals surface area (Å²) in [6.07, 6.45) is 4.39. The number of aromatic carboxylic acids is 1. The lowest BCUT2D eigenvalue weighted by Gasteiger charge is -2.19. The number of hydrogen-bond acceptors (Lipinski definition) is 2. The summed E-state index contributed by atoms with van der Waals surface area (Å²) in [7, 11) is 0. The van der Waals surface area contributed by atoms with Crippen LogP contribution in [0.5, 0.6) is 0 Å².